The standard InChI is InChI=1S/C14H20N4O2/c15-13-9-10(3-4-14(13)18(19)20)16-11-5-7-17-6-1-2-12(17)8-11/h3-4,9,11-12,16H,1-2,5-8,15H2. The number of piperidine rings is 1. The summed E-state index contributed by atoms with van der Waals surface area (Å²) in [5.41, 5.74) is 6.80. The van der Waals surface area contributed by atoms with Crippen LogP contribution in [-0.4, -0.2) is 35.0 Å². The zero-order valence-corrected chi connectivity index (χ0v) is 11.4. The van der Waals surface area contributed by atoms with Gasteiger partial charge in [0, 0.05) is 30.4 Å². The fourth-order valence-corrected chi connectivity index (χ4v) is 3.40. The van der Waals surface area contributed by atoms with Crippen molar-refractivity contribution in [3.05, 3.63) is 28.3 Å². The second-order valence-corrected chi connectivity index (χ2v) is 5.73. The van der Waals surface area contributed by atoms with Gasteiger partial charge in [0.2, 0.25) is 0 Å². The molecule has 2 saturated heterocycles. The molecule has 6 heteroatoms. The van der Waals surface area contributed by atoms with Crippen molar-refractivity contribution < 1.29 is 4.92 Å². The van der Waals surface area contributed by atoms with E-state index in [2.05, 4.69) is 10.2 Å². The van der Waals surface area contributed by atoms with Crippen LogP contribution in [0, 0.1) is 10.1 Å². The summed E-state index contributed by atoms with van der Waals surface area (Å²) in [6.07, 6.45) is 4.87. The predicted molar refractivity (Wildman–Crippen MR) is 78.7 cm³/mol. The molecule has 20 heavy (non-hydrogen) atoms. The number of nitrogens with one attached hydrogen (secondary N) is 1. The van der Waals surface area contributed by atoms with Crippen molar-refractivity contribution in [3.63, 3.8) is 0 Å². The molecule has 0 aliphatic carbocycles. The molecule has 0 amide bonds. The van der Waals surface area contributed by atoms with Crippen LogP contribution in [0.3, 0.4) is 0 Å². The molecule has 2 atom stereocenters. The van der Waals surface area contributed by atoms with Crippen LogP contribution < -0.4 is 11.1 Å². The van der Waals surface area contributed by atoms with Crippen molar-refractivity contribution >= 4 is 17.1 Å². The average molecular weight is 276 g/mol. The average Bonchev–Trinajstić information content (AvgIpc) is 2.85. The molecule has 0 spiro atoms. The van der Waals surface area contributed by atoms with Crippen molar-refractivity contribution in [3.8, 4) is 0 Å². The normalized spacial score (nSPS) is 26.2. The first-order chi connectivity index (χ1) is 9.63. The predicted octanol–water partition coefficient (Wildman–Crippen LogP) is 2.22. The van der Waals surface area contributed by atoms with Gasteiger partial charge in [0.25, 0.3) is 5.69 Å². The maximum absolute atomic E-state index is 10.7. The fourth-order valence-electron chi connectivity index (χ4n) is 3.40. The third-order valence-electron chi connectivity index (χ3n) is 4.42. The Morgan fingerprint density at radius 2 is 2.20 bits per heavy atom. The van der Waals surface area contributed by atoms with Crippen LogP contribution in [0.2, 0.25) is 0 Å². The molecule has 2 unspecified atom stereocenters. The highest BCUT2D eigenvalue weighted by Gasteiger charge is 2.31. The highest BCUT2D eigenvalue weighted by molar-refractivity contribution is 5.66. The lowest BCUT2D eigenvalue weighted by atomic mass is 9.97. The van der Waals surface area contributed by atoms with E-state index in [-0.39, 0.29) is 11.4 Å². The van der Waals surface area contributed by atoms with E-state index in [0.29, 0.717) is 12.1 Å². The lowest BCUT2D eigenvalue weighted by molar-refractivity contribution is -0.383. The van der Waals surface area contributed by atoms with E-state index < -0.39 is 4.92 Å². The second kappa shape index (κ2) is 5.28. The number of nitrogens with two attached hydrogens (primary N) is 1. The summed E-state index contributed by atoms with van der Waals surface area (Å²) < 4.78 is 0. The SMILES string of the molecule is Nc1cc(NC2CCN3CCCC3C2)ccc1[N+](=O)[O-]. The maximum atomic E-state index is 10.7. The van der Waals surface area contributed by atoms with Gasteiger partial charge in [-0.1, -0.05) is 0 Å². The molecule has 3 N–H and O–H groups in total. The van der Waals surface area contributed by atoms with Crippen molar-refractivity contribution in [1.82, 2.24) is 4.90 Å². The summed E-state index contributed by atoms with van der Waals surface area (Å²) in [6.45, 7) is 2.38. The molecule has 2 aliphatic rings. The summed E-state index contributed by atoms with van der Waals surface area (Å²) in [6, 6.07) is 6.03. The van der Waals surface area contributed by atoms with E-state index in [4.69, 9.17) is 5.73 Å². The summed E-state index contributed by atoms with van der Waals surface area (Å²) >= 11 is 0. The molecular formula is C14H20N4O2. The molecule has 2 aliphatic heterocycles. The summed E-state index contributed by atoms with van der Waals surface area (Å²) in [5, 5.41) is 14.2. The van der Waals surface area contributed by atoms with Crippen molar-refractivity contribution in [2.45, 2.75) is 37.8 Å². The number of rotatable bonds is 3. The number of hydrogen-bond donors (Lipinski definition) is 2. The van der Waals surface area contributed by atoms with Crippen LogP contribution in [-0.2, 0) is 0 Å². The van der Waals surface area contributed by atoms with E-state index in [9.17, 15) is 10.1 Å². The minimum absolute atomic E-state index is 0.0267. The molecule has 6 nitrogen and oxygen atoms in total. The quantitative estimate of drug-likeness (QED) is 0.502. The lowest BCUT2D eigenvalue weighted by Crippen LogP contribution is -2.42. The van der Waals surface area contributed by atoms with Gasteiger partial charge in [-0.25, -0.2) is 0 Å². The zero-order valence-electron chi connectivity index (χ0n) is 11.4. The number of benzene rings is 1. The van der Waals surface area contributed by atoms with Crippen LogP contribution in [0.25, 0.3) is 0 Å². The van der Waals surface area contributed by atoms with Gasteiger partial charge in [-0.05, 0) is 44.4 Å². The van der Waals surface area contributed by atoms with E-state index in [1.807, 2.05) is 0 Å². The number of anilines is 2. The van der Waals surface area contributed by atoms with Gasteiger partial charge in [-0.15, -0.1) is 0 Å². The summed E-state index contributed by atoms with van der Waals surface area (Å²) in [4.78, 5) is 12.9. The number of fused-ring (bicyclic) bond motifs is 1. The fraction of sp³-hybridized carbons (Fsp3) is 0.571. The number of nitrogens with zero attached hydrogens (tertiary/aromatic N) is 2. The Kier molecular flexibility index (Phi) is 3.48. The third-order valence-corrected chi connectivity index (χ3v) is 4.42. The van der Waals surface area contributed by atoms with E-state index in [1.165, 1.54) is 25.5 Å². The highest BCUT2D eigenvalue weighted by atomic mass is 16.6. The Balaban J connectivity index is 1.66. The van der Waals surface area contributed by atoms with Gasteiger partial charge in [0.15, 0.2) is 0 Å². The number of nitro groups is 1. The Bertz CT molecular complexity index is 520. The maximum Gasteiger partial charge on any atom is 0.292 e. The monoisotopic (exact) mass is 276 g/mol. The number of hydrogen-bond acceptors (Lipinski definition) is 5. The molecule has 2 fully saturated rings. The Hall–Kier alpha value is -1.82. The molecule has 3 rings (SSSR count). The minimum atomic E-state index is -0.448. The Morgan fingerprint density at radius 1 is 1.35 bits per heavy atom. The van der Waals surface area contributed by atoms with Crippen molar-refractivity contribution in [2.24, 2.45) is 0 Å². The second-order valence-electron chi connectivity index (χ2n) is 5.73. The lowest BCUT2D eigenvalue weighted by Gasteiger charge is -2.35. The van der Waals surface area contributed by atoms with Gasteiger partial charge < -0.3 is 16.0 Å². The van der Waals surface area contributed by atoms with Gasteiger partial charge in [0.05, 0.1) is 4.92 Å². The number of nitrogen functional groups attached to an aromatic ring is 1. The highest BCUT2D eigenvalue weighted by Crippen LogP contribution is 2.30. The largest absolute Gasteiger partial charge is 0.393 e. The first kappa shape index (κ1) is 13.2. The van der Waals surface area contributed by atoms with Crippen LogP contribution in [0.15, 0.2) is 18.2 Å². The molecule has 0 aromatic heterocycles. The third kappa shape index (κ3) is 2.56. The molecule has 0 saturated carbocycles. The summed E-state index contributed by atoms with van der Waals surface area (Å²) in [7, 11) is 0. The summed E-state index contributed by atoms with van der Waals surface area (Å²) in [5.74, 6) is 0. The number of nitro benzene ring substituents is 1. The van der Waals surface area contributed by atoms with Gasteiger partial charge in [-0.3, -0.25) is 10.1 Å². The molecule has 0 bridgehead atoms. The smallest absolute Gasteiger partial charge is 0.292 e. The van der Waals surface area contributed by atoms with Crippen LogP contribution in [0.5, 0.6) is 0 Å². The zero-order chi connectivity index (χ0) is 14.1. The first-order valence-corrected chi connectivity index (χ1v) is 7.18. The van der Waals surface area contributed by atoms with E-state index >= 15 is 0 Å². The van der Waals surface area contributed by atoms with E-state index in [0.717, 1.165) is 25.1 Å². The van der Waals surface area contributed by atoms with Gasteiger partial charge in [-0.2, -0.15) is 0 Å². The molecule has 1 aromatic carbocycles. The molecule has 1 aromatic rings. The topological polar surface area (TPSA) is 84.4 Å². The first-order valence-electron chi connectivity index (χ1n) is 7.18. The van der Waals surface area contributed by atoms with Crippen LogP contribution in [0.1, 0.15) is 25.7 Å². The molecule has 0 radical (unpaired) electrons. The Morgan fingerprint density at radius 3 is 2.95 bits per heavy atom. The van der Waals surface area contributed by atoms with Gasteiger partial charge in [0.1, 0.15) is 5.69 Å². The van der Waals surface area contributed by atoms with Crippen molar-refractivity contribution in [1.29, 1.82) is 0 Å². The Labute approximate surface area is 118 Å². The van der Waals surface area contributed by atoms with Crippen molar-refractivity contribution in [2.75, 3.05) is 24.1 Å². The minimum Gasteiger partial charge on any atom is -0.393 e. The van der Waals surface area contributed by atoms with Gasteiger partial charge >= 0.3 is 0 Å². The molecular weight excluding hydrogens is 256 g/mol. The van der Waals surface area contributed by atoms with Crippen LogP contribution >= 0.6 is 0 Å². The van der Waals surface area contributed by atoms with Crippen LogP contribution in [0.4, 0.5) is 17.1 Å². The van der Waals surface area contributed by atoms with E-state index in [1.54, 1.807) is 12.1 Å². The molecule has 2 heterocycles. The molecule has 108 valence electrons.